The molecule has 2 aromatic heterocycles. The number of nitrogens with zero attached hydrogens (tertiary/aromatic N) is 6. The minimum atomic E-state index is -4.65. The Labute approximate surface area is 306 Å². The van der Waals surface area contributed by atoms with Crippen LogP contribution >= 0.6 is 0 Å². The van der Waals surface area contributed by atoms with Crippen LogP contribution in [0.2, 0.25) is 0 Å². The first-order valence-electron chi connectivity index (χ1n) is 17.3. The number of fused-ring (bicyclic) bond motifs is 1. The quantitative estimate of drug-likeness (QED) is 0.150. The number of halogens is 4. The molecular formula is C37H35F4N9O4. The Morgan fingerprint density at radius 3 is 2.41 bits per heavy atom. The van der Waals surface area contributed by atoms with Crippen LogP contribution in [-0.4, -0.2) is 80.6 Å². The number of rotatable bonds is 10. The number of pyridine rings is 1. The number of benzene rings is 2. The highest BCUT2D eigenvalue weighted by Gasteiger charge is 2.46. The van der Waals surface area contributed by atoms with Crippen LogP contribution in [0.25, 0.3) is 0 Å². The highest BCUT2D eigenvalue weighted by molar-refractivity contribution is 6.23. The molecule has 3 aliphatic rings. The summed E-state index contributed by atoms with van der Waals surface area (Å²) in [7, 11) is 1.91. The van der Waals surface area contributed by atoms with Crippen LogP contribution in [0.5, 0.6) is 0 Å². The van der Waals surface area contributed by atoms with E-state index in [4.69, 9.17) is 0 Å². The zero-order valence-electron chi connectivity index (χ0n) is 29.0. The molecule has 3 N–H and O–H groups in total. The number of nitrogens with one attached hydrogen (secondary N) is 3. The molecule has 3 aliphatic heterocycles. The Morgan fingerprint density at radius 1 is 0.963 bits per heavy atom. The van der Waals surface area contributed by atoms with Gasteiger partial charge in [0.25, 0.3) is 11.8 Å². The van der Waals surface area contributed by atoms with Gasteiger partial charge in [-0.15, -0.1) is 0 Å². The van der Waals surface area contributed by atoms with Crippen LogP contribution in [0.3, 0.4) is 0 Å². The lowest BCUT2D eigenvalue weighted by Gasteiger charge is -2.38. The van der Waals surface area contributed by atoms with E-state index in [1.54, 1.807) is 36.7 Å². The van der Waals surface area contributed by atoms with Crippen molar-refractivity contribution in [1.29, 1.82) is 0 Å². The molecular weight excluding hydrogens is 710 g/mol. The molecule has 13 nitrogen and oxygen atoms in total. The number of carbonyl (C=O) groups is 4. The van der Waals surface area contributed by atoms with Gasteiger partial charge in [-0.25, -0.2) is 9.37 Å². The summed E-state index contributed by atoms with van der Waals surface area (Å²) in [6.07, 6.45) is 0.762. The average Bonchev–Trinajstić information content (AvgIpc) is 3.40. The van der Waals surface area contributed by atoms with Crippen LogP contribution in [-0.2, 0) is 28.9 Å². The molecule has 1 unspecified atom stereocenters. The van der Waals surface area contributed by atoms with Crippen LogP contribution < -0.4 is 20.9 Å². The van der Waals surface area contributed by atoms with Gasteiger partial charge < -0.3 is 15.5 Å². The summed E-state index contributed by atoms with van der Waals surface area (Å²) in [6.45, 7) is 1.86. The van der Waals surface area contributed by atoms with Gasteiger partial charge in [0.05, 0.1) is 11.1 Å². The third-order valence-electron chi connectivity index (χ3n) is 9.84. The summed E-state index contributed by atoms with van der Waals surface area (Å²) in [5.74, 6) is -4.07. The van der Waals surface area contributed by atoms with E-state index in [1.807, 2.05) is 19.2 Å². The van der Waals surface area contributed by atoms with Gasteiger partial charge in [-0.3, -0.25) is 39.3 Å². The Balaban J connectivity index is 0.945. The fourth-order valence-corrected chi connectivity index (χ4v) is 7.03. The first-order valence-corrected chi connectivity index (χ1v) is 17.3. The third kappa shape index (κ3) is 7.57. The molecule has 4 aromatic rings. The summed E-state index contributed by atoms with van der Waals surface area (Å²) in [6, 6.07) is 12.6. The van der Waals surface area contributed by atoms with Crippen LogP contribution in [0.15, 0.2) is 67.1 Å². The molecule has 0 aliphatic carbocycles. The van der Waals surface area contributed by atoms with E-state index in [0.717, 1.165) is 42.7 Å². The second-order valence-corrected chi connectivity index (χ2v) is 13.4. The molecule has 4 amide bonds. The second-order valence-electron chi connectivity index (χ2n) is 13.4. The van der Waals surface area contributed by atoms with E-state index in [0.29, 0.717) is 23.4 Å². The third-order valence-corrected chi connectivity index (χ3v) is 9.84. The summed E-state index contributed by atoms with van der Waals surface area (Å²) in [5.41, 5.74) is 1.31. The number of piperidine rings is 2. The molecule has 0 bridgehead atoms. The monoisotopic (exact) mass is 745 g/mol. The number of carbonyl (C=O) groups excluding carboxylic acids is 4. The minimum Gasteiger partial charge on any atom is -0.371 e. The molecule has 7 rings (SSSR count). The van der Waals surface area contributed by atoms with Crippen molar-refractivity contribution in [2.45, 2.75) is 57.0 Å². The highest BCUT2D eigenvalue weighted by Crippen LogP contribution is 2.35. The van der Waals surface area contributed by atoms with Gasteiger partial charge in [0, 0.05) is 68.6 Å². The van der Waals surface area contributed by atoms with Gasteiger partial charge >= 0.3 is 6.18 Å². The molecule has 0 saturated carbocycles. The van der Waals surface area contributed by atoms with Gasteiger partial charge in [-0.1, -0.05) is 6.07 Å². The maximum atomic E-state index is 15.3. The summed E-state index contributed by atoms with van der Waals surface area (Å²) < 4.78 is 56.3. The topological polar surface area (TPSA) is 153 Å². The standard InChI is InChI=1S/C37H35F4N9O4/c1-48(20-22-15-26-31(28(38)16-22)35(54)50(34(26)53)29-8-9-30(51)46-33(29)52)24-10-13-49(14-11-24)25-6-4-23(5-7-25)45-36-44-19-27(37(39,40)41)32(47-36)43-18-21-3-2-12-42-17-21/h2-7,12,15-17,19,24,29H,8-11,13-14,18,20H2,1H3,(H,46,51,52)(H2,43,44,45,47). The molecule has 5 heterocycles. The molecule has 280 valence electrons. The number of imide groups is 2. The van der Waals surface area contributed by atoms with Gasteiger partial charge in [-0.2, -0.15) is 18.2 Å². The molecule has 0 spiro atoms. The van der Waals surface area contributed by atoms with Crippen molar-refractivity contribution in [3.8, 4) is 0 Å². The molecule has 17 heteroatoms. The number of anilines is 4. The van der Waals surface area contributed by atoms with Gasteiger partial charge in [-0.05, 0) is 79.9 Å². The number of hydrogen-bond acceptors (Lipinski definition) is 11. The van der Waals surface area contributed by atoms with Crippen LogP contribution in [0, 0.1) is 5.82 Å². The van der Waals surface area contributed by atoms with E-state index in [9.17, 15) is 32.3 Å². The number of aromatic nitrogens is 3. The van der Waals surface area contributed by atoms with Gasteiger partial charge in [0.2, 0.25) is 17.8 Å². The highest BCUT2D eigenvalue weighted by atomic mass is 19.4. The van der Waals surface area contributed by atoms with Crippen molar-refractivity contribution in [2.24, 2.45) is 0 Å². The summed E-state index contributed by atoms with van der Waals surface area (Å²) in [4.78, 5) is 67.3. The van der Waals surface area contributed by atoms with E-state index >= 15 is 4.39 Å². The fourth-order valence-electron chi connectivity index (χ4n) is 7.03. The molecule has 0 radical (unpaired) electrons. The minimum absolute atomic E-state index is 0.000790. The molecule has 1 atom stereocenters. The van der Waals surface area contributed by atoms with Crippen molar-refractivity contribution < 1.29 is 36.7 Å². The lowest BCUT2D eigenvalue weighted by molar-refractivity contribution is -0.138. The molecule has 54 heavy (non-hydrogen) atoms. The van der Waals surface area contributed by atoms with E-state index < -0.39 is 47.2 Å². The van der Waals surface area contributed by atoms with Crippen LogP contribution in [0.1, 0.15) is 63.1 Å². The predicted octanol–water partition coefficient (Wildman–Crippen LogP) is 4.89. The normalized spacial score (nSPS) is 17.9. The Morgan fingerprint density at radius 2 is 1.72 bits per heavy atom. The van der Waals surface area contributed by atoms with Crippen molar-refractivity contribution >= 4 is 46.8 Å². The first-order chi connectivity index (χ1) is 25.9. The Kier molecular flexibility index (Phi) is 9.98. The lowest BCUT2D eigenvalue weighted by Crippen LogP contribution is -2.54. The Bertz CT molecular complexity index is 2090. The number of amides is 4. The lowest BCUT2D eigenvalue weighted by atomic mass is 10.0. The van der Waals surface area contributed by atoms with Crippen molar-refractivity contribution in [3.63, 3.8) is 0 Å². The van der Waals surface area contributed by atoms with Gasteiger partial charge in [0.1, 0.15) is 23.2 Å². The molecule has 2 aromatic carbocycles. The maximum Gasteiger partial charge on any atom is 0.421 e. The van der Waals surface area contributed by atoms with Crippen molar-refractivity contribution in [3.05, 3.63) is 101 Å². The average molecular weight is 746 g/mol. The smallest absolute Gasteiger partial charge is 0.371 e. The van der Waals surface area contributed by atoms with Crippen molar-refractivity contribution in [1.82, 2.24) is 30.1 Å². The summed E-state index contributed by atoms with van der Waals surface area (Å²) >= 11 is 0. The molecule has 2 fully saturated rings. The predicted molar refractivity (Wildman–Crippen MR) is 188 cm³/mol. The van der Waals surface area contributed by atoms with Crippen LogP contribution in [0.4, 0.5) is 40.7 Å². The Hall–Kier alpha value is -5.97. The zero-order chi connectivity index (χ0) is 38.1. The second kappa shape index (κ2) is 14.8. The fraction of sp³-hybridized carbons (Fsp3) is 0.324. The van der Waals surface area contributed by atoms with Gasteiger partial charge in [0.15, 0.2) is 0 Å². The van der Waals surface area contributed by atoms with Crippen molar-refractivity contribution in [2.75, 3.05) is 35.7 Å². The first kappa shape index (κ1) is 36.4. The zero-order valence-corrected chi connectivity index (χ0v) is 29.0. The SMILES string of the molecule is CN(Cc1cc(F)c2c(c1)C(=O)N(C1CCC(=O)NC1=O)C2=O)C1CCN(c2ccc(Nc3ncc(C(F)(F)F)c(NCc4cccnc4)n3)cc2)CC1. The summed E-state index contributed by atoms with van der Waals surface area (Å²) in [5, 5.41) is 7.86. The van der Waals surface area contributed by atoms with E-state index in [2.05, 4.69) is 40.7 Å². The largest absolute Gasteiger partial charge is 0.421 e. The van der Waals surface area contributed by atoms with E-state index in [-0.39, 0.29) is 48.3 Å². The molecule has 2 saturated heterocycles. The number of hydrogen-bond donors (Lipinski definition) is 3. The maximum absolute atomic E-state index is 15.3. The van der Waals surface area contributed by atoms with E-state index in [1.165, 1.54) is 12.1 Å². The number of alkyl halides is 3.